The standard InChI is InChI=1S/C13H14N2O/c16-8-2-5-11-3-1-4-12(9-11)10-13-14-6-7-15-13/h1-7,9,16H,8,10H2,(H,14,15)/b5-2+. The zero-order valence-corrected chi connectivity index (χ0v) is 8.93. The Morgan fingerprint density at radius 3 is 3.06 bits per heavy atom. The van der Waals surface area contributed by atoms with Crippen LogP contribution in [0.1, 0.15) is 17.0 Å². The predicted octanol–water partition coefficient (Wildman–Crippen LogP) is 2.01. The van der Waals surface area contributed by atoms with Crippen LogP contribution in [-0.2, 0) is 6.42 Å². The molecule has 0 aliphatic carbocycles. The predicted molar refractivity (Wildman–Crippen MR) is 64.0 cm³/mol. The van der Waals surface area contributed by atoms with E-state index in [9.17, 15) is 0 Å². The van der Waals surface area contributed by atoms with Crippen molar-refractivity contribution in [3.63, 3.8) is 0 Å². The minimum atomic E-state index is 0.0718. The van der Waals surface area contributed by atoms with E-state index in [4.69, 9.17) is 5.11 Å². The fourth-order valence-corrected chi connectivity index (χ4v) is 1.58. The molecule has 0 spiro atoms. The minimum absolute atomic E-state index is 0.0718. The van der Waals surface area contributed by atoms with Crippen LogP contribution in [-0.4, -0.2) is 21.7 Å². The van der Waals surface area contributed by atoms with Crippen LogP contribution in [0.15, 0.2) is 42.7 Å². The summed E-state index contributed by atoms with van der Waals surface area (Å²) in [5, 5.41) is 8.70. The van der Waals surface area contributed by atoms with Crippen molar-refractivity contribution < 1.29 is 5.11 Å². The first-order chi connectivity index (χ1) is 7.88. The van der Waals surface area contributed by atoms with Crippen molar-refractivity contribution in [1.29, 1.82) is 0 Å². The number of aliphatic hydroxyl groups excluding tert-OH is 1. The smallest absolute Gasteiger partial charge is 0.110 e. The van der Waals surface area contributed by atoms with E-state index in [0.29, 0.717) is 0 Å². The Kier molecular flexibility index (Phi) is 3.51. The molecule has 0 fully saturated rings. The van der Waals surface area contributed by atoms with E-state index >= 15 is 0 Å². The Morgan fingerprint density at radius 2 is 2.31 bits per heavy atom. The maximum absolute atomic E-state index is 8.70. The monoisotopic (exact) mass is 214 g/mol. The number of benzene rings is 1. The zero-order chi connectivity index (χ0) is 11.2. The van der Waals surface area contributed by atoms with Gasteiger partial charge in [-0.3, -0.25) is 0 Å². The molecule has 1 aromatic heterocycles. The van der Waals surface area contributed by atoms with Crippen LogP contribution in [0.3, 0.4) is 0 Å². The number of nitrogens with one attached hydrogen (secondary N) is 1. The molecule has 1 heterocycles. The number of aromatic nitrogens is 2. The molecule has 0 aliphatic rings. The van der Waals surface area contributed by atoms with Gasteiger partial charge in [0.2, 0.25) is 0 Å². The molecule has 0 bridgehead atoms. The van der Waals surface area contributed by atoms with E-state index in [1.165, 1.54) is 5.56 Å². The van der Waals surface area contributed by atoms with Gasteiger partial charge in [-0.05, 0) is 11.1 Å². The van der Waals surface area contributed by atoms with Crippen LogP contribution in [0.25, 0.3) is 6.08 Å². The van der Waals surface area contributed by atoms with Gasteiger partial charge in [-0.15, -0.1) is 0 Å². The topological polar surface area (TPSA) is 48.9 Å². The highest BCUT2D eigenvalue weighted by molar-refractivity contribution is 5.50. The van der Waals surface area contributed by atoms with Crippen LogP contribution in [0.2, 0.25) is 0 Å². The second kappa shape index (κ2) is 5.28. The molecule has 1 aromatic carbocycles. The van der Waals surface area contributed by atoms with E-state index < -0.39 is 0 Å². The van der Waals surface area contributed by atoms with E-state index in [2.05, 4.69) is 22.1 Å². The molecule has 2 N–H and O–H groups in total. The summed E-state index contributed by atoms with van der Waals surface area (Å²) in [6, 6.07) is 8.18. The molecule has 0 atom stereocenters. The highest BCUT2D eigenvalue weighted by Crippen LogP contribution is 2.10. The lowest BCUT2D eigenvalue weighted by molar-refractivity contribution is 0.343. The number of H-pyrrole nitrogens is 1. The van der Waals surface area contributed by atoms with Gasteiger partial charge in [-0.25, -0.2) is 4.98 Å². The van der Waals surface area contributed by atoms with Crippen molar-refractivity contribution in [3.8, 4) is 0 Å². The molecule has 2 rings (SSSR count). The van der Waals surface area contributed by atoms with Gasteiger partial charge in [0, 0.05) is 18.8 Å². The molecule has 0 aliphatic heterocycles. The average molecular weight is 214 g/mol. The lowest BCUT2D eigenvalue weighted by Crippen LogP contribution is -1.90. The zero-order valence-electron chi connectivity index (χ0n) is 8.93. The first kappa shape index (κ1) is 10.6. The molecule has 0 saturated heterocycles. The third kappa shape index (κ3) is 2.81. The maximum Gasteiger partial charge on any atom is 0.110 e. The Labute approximate surface area is 94.5 Å². The van der Waals surface area contributed by atoms with Crippen LogP contribution in [0.4, 0.5) is 0 Å². The second-order valence-corrected chi connectivity index (χ2v) is 3.54. The highest BCUT2D eigenvalue weighted by Gasteiger charge is 1.98. The molecular formula is C13H14N2O. The SMILES string of the molecule is OC/C=C/c1cccc(Cc2ncc[nH]2)c1. The van der Waals surface area contributed by atoms with Gasteiger partial charge < -0.3 is 10.1 Å². The van der Waals surface area contributed by atoms with Gasteiger partial charge in [-0.2, -0.15) is 0 Å². The number of rotatable bonds is 4. The summed E-state index contributed by atoms with van der Waals surface area (Å²) in [7, 11) is 0. The van der Waals surface area contributed by atoms with Gasteiger partial charge in [0.25, 0.3) is 0 Å². The minimum Gasteiger partial charge on any atom is -0.392 e. The molecule has 3 nitrogen and oxygen atoms in total. The molecular weight excluding hydrogens is 200 g/mol. The van der Waals surface area contributed by atoms with Gasteiger partial charge in [0.1, 0.15) is 5.82 Å². The van der Waals surface area contributed by atoms with Gasteiger partial charge in [-0.1, -0.05) is 36.4 Å². The second-order valence-electron chi connectivity index (χ2n) is 3.54. The van der Waals surface area contributed by atoms with Crippen molar-refractivity contribution in [2.24, 2.45) is 0 Å². The number of hydrogen-bond acceptors (Lipinski definition) is 2. The van der Waals surface area contributed by atoms with Crippen LogP contribution >= 0.6 is 0 Å². The van der Waals surface area contributed by atoms with Crippen molar-refractivity contribution in [1.82, 2.24) is 9.97 Å². The third-order valence-corrected chi connectivity index (χ3v) is 2.29. The molecule has 0 unspecified atom stereocenters. The Bertz CT molecular complexity index is 461. The summed E-state index contributed by atoms with van der Waals surface area (Å²) in [6.45, 7) is 0.0718. The quantitative estimate of drug-likeness (QED) is 0.817. The van der Waals surface area contributed by atoms with Gasteiger partial charge >= 0.3 is 0 Å². The molecule has 2 aromatic rings. The van der Waals surface area contributed by atoms with E-state index in [1.807, 2.05) is 24.4 Å². The fourth-order valence-electron chi connectivity index (χ4n) is 1.58. The lowest BCUT2D eigenvalue weighted by atomic mass is 10.1. The van der Waals surface area contributed by atoms with E-state index in [0.717, 1.165) is 17.8 Å². The first-order valence-electron chi connectivity index (χ1n) is 5.23. The number of aromatic amines is 1. The summed E-state index contributed by atoms with van der Waals surface area (Å²) < 4.78 is 0. The number of imidazole rings is 1. The third-order valence-electron chi connectivity index (χ3n) is 2.29. The summed E-state index contributed by atoms with van der Waals surface area (Å²) in [5.74, 6) is 0.961. The fraction of sp³-hybridized carbons (Fsp3) is 0.154. The summed E-state index contributed by atoms with van der Waals surface area (Å²) >= 11 is 0. The summed E-state index contributed by atoms with van der Waals surface area (Å²) in [5.41, 5.74) is 2.30. The van der Waals surface area contributed by atoms with Gasteiger partial charge in [0.05, 0.1) is 6.61 Å². The van der Waals surface area contributed by atoms with Crippen molar-refractivity contribution in [2.45, 2.75) is 6.42 Å². The molecule has 82 valence electrons. The Balaban J connectivity index is 2.13. The lowest BCUT2D eigenvalue weighted by Gasteiger charge is -2.00. The number of aliphatic hydroxyl groups is 1. The average Bonchev–Trinajstić information content (AvgIpc) is 2.80. The number of hydrogen-bond donors (Lipinski definition) is 2. The molecule has 16 heavy (non-hydrogen) atoms. The van der Waals surface area contributed by atoms with Crippen molar-refractivity contribution >= 4 is 6.08 Å². The van der Waals surface area contributed by atoms with E-state index in [-0.39, 0.29) is 6.61 Å². The molecule has 0 amide bonds. The normalized spacial score (nSPS) is 11.1. The van der Waals surface area contributed by atoms with Crippen LogP contribution in [0, 0.1) is 0 Å². The van der Waals surface area contributed by atoms with Gasteiger partial charge in [0.15, 0.2) is 0 Å². The molecule has 3 heteroatoms. The summed E-state index contributed by atoms with van der Waals surface area (Å²) in [4.78, 5) is 7.27. The summed E-state index contributed by atoms with van der Waals surface area (Å²) in [6.07, 6.45) is 8.02. The molecule has 0 saturated carbocycles. The van der Waals surface area contributed by atoms with Crippen molar-refractivity contribution in [3.05, 3.63) is 59.7 Å². The largest absolute Gasteiger partial charge is 0.392 e. The Hall–Kier alpha value is -1.87. The highest BCUT2D eigenvalue weighted by atomic mass is 16.2. The van der Waals surface area contributed by atoms with E-state index in [1.54, 1.807) is 12.3 Å². The van der Waals surface area contributed by atoms with Crippen LogP contribution < -0.4 is 0 Å². The maximum atomic E-state index is 8.70. The number of nitrogens with zero attached hydrogens (tertiary/aromatic N) is 1. The van der Waals surface area contributed by atoms with Crippen LogP contribution in [0.5, 0.6) is 0 Å². The van der Waals surface area contributed by atoms with Crippen molar-refractivity contribution in [2.75, 3.05) is 6.61 Å². The Morgan fingerprint density at radius 1 is 1.38 bits per heavy atom. The first-order valence-corrected chi connectivity index (χ1v) is 5.23. The molecule has 0 radical (unpaired) electrons.